The highest BCUT2D eigenvalue weighted by Crippen LogP contribution is 2.41. The average molecular weight is 264 g/mol. The van der Waals surface area contributed by atoms with Crippen molar-refractivity contribution in [2.75, 3.05) is 13.1 Å². The van der Waals surface area contributed by atoms with Gasteiger partial charge in [-0.1, -0.05) is 39.5 Å². The van der Waals surface area contributed by atoms with Gasteiger partial charge in [0.05, 0.1) is 0 Å². The minimum atomic E-state index is 0.544. The lowest BCUT2D eigenvalue weighted by Crippen LogP contribution is -2.65. The van der Waals surface area contributed by atoms with Gasteiger partial charge in [0.2, 0.25) is 0 Å². The van der Waals surface area contributed by atoms with E-state index in [2.05, 4.69) is 24.1 Å². The van der Waals surface area contributed by atoms with Crippen LogP contribution in [0, 0.1) is 5.92 Å². The first-order chi connectivity index (χ1) is 9.20. The summed E-state index contributed by atoms with van der Waals surface area (Å²) in [5.41, 5.74) is 0.544. The van der Waals surface area contributed by atoms with Crippen LogP contribution >= 0.6 is 0 Å². The molecule has 19 heavy (non-hydrogen) atoms. The van der Waals surface area contributed by atoms with E-state index in [1.807, 2.05) is 0 Å². The van der Waals surface area contributed by atoms with Crippen molar-refractivity contribution < 1.29 is 0 Å². The first-order valence-electron chi connectivity index (χ1n) is 8.70. The molecule has 2 nitrogen and oxygen atoms in total. The molecule has 110 valence electrons. The second-order valence-corrected chi connectivity index (χ2v) is 7.73. The van der Waals surface area contributed by atoms with Crippen LogP contribution in [0.3, 0.4) is 0 Å². The second kappa shape index (κ2) is 5.73. The summed E-state index contributed by atoms with van der Waals surface area (Å²) in [6, 6.07) is 1.65. The molecule has 1 unspecified atom stereocenters. The van der Waals surface area contributed by atoms with Crippen LogP contribution < -0.4 is 5.32 Å². The molecule has 1 atom stereocenters. The highest BCUT2D eigenvalue weighted by atomic mass is 15.3. The zero-order valence-electron chi connectivity index (χ0n) is 13.0. The van der Waals surface area contributed by atoms with E-state index in [4.69, 9.17) is 0 Å². The minimum Gasteiger partial charge on any atom is -0.311 e. The molecule has 1 saturated heterocycles. The van der Waals surface area contributed by atoms with Crippen LogP contribution in [0.25, 0.3) is 0 Å². The van der Waals surface area contributed by atoms with Gasteiger partial charge in [0, 0.05) is 30.7 Å². The van der Waals surface area contributed by atoms with E-state index in [1.165, 1.54) is 70.9 Å². The third-order valence-electron chi connectivity index (χ3n) is 5.80. The van der Waals surface area contributed by atoms with E-state index < -0.39 is 0 Å². The zero-order chi connectivity index (χ0) is 13.3. The fraction of sp³-hybridized carbons (Fsp3) is 1.00. The maximum atomic E-state index is 3.89. The summed E-state index contributed by atoms with van der Waals surface area (Å²) >= 11 is 0. The predicted octanol–water partition coefficient (Wildman–Crippen LogP) is 3.56. The highest BCUT2D eigenvalue weighted by molar-refractivity contribution is 5.04. The fourth-order valence-corrected chi connectivity index (χ4v) is 4.91. The predicted molar refractivity (Wildman–Crippen MR) is 81.4 cm³/mol. The van der Waals surface area contributed by atoms with Gasteiger partial charge in [-0.2, -0.15) is 0 Å². The van der Waals surface area contributed by atoms with E-state index in [0.717, 1.165) is 18.0 Å². The summed E-state index contributed by atoms with van der Waals surface area (Å²) in [6.45, 7) is 7.31. The van der Waals surface area contributed by atoms with Crippen LogP contribution in [0.4, 0.5) is 0 Å². The Bertz CT molecular complexity index is 288. The van der Waals surface area contributed by atoms with Gasteiger partial charge >= 0.3 is 0 Å². The molecule has 3 fully saturated rings. The lowest BCUT2D eigenvalue weighted by atomic mass is 9.87. The van der Waals surface area contributed by atoms with Gasteiger partial charge in [0.1, 0.15) is 0 Å². The molecule has 3 rings (SSSR count). The van der Waals surface area contributed by atoms with Crippen molar-refractivity contribution in [2.24, 2.45) is 5.92 Å². The molecule has 0 aromatic rings. The topological polar surface area (TPSA) is 15.3 Å². The molecule has 1 spiro atoms. The molecule has 1 heterocycles. The Kier molecular flexibility index (Phi) is 4.19. The molecular weight excluding hydrogens is 232 g/mol. The van der Waals surface area contributed by atoms with E-state index in [9.17, 15) is 0 Å². The van der Waals surface area contributed by atoms with E-state index in [1.54, 1.807) is 0 Å². The summed E-state index contributed by atoms with van der Waals surface area (Å²) < 4.78 is 0. The molecule has 1 N–H and O–H groups in total. The third-order valence-corrected chi connectivity index (χ3v) is 5.80. The van der Waals surface area contributed by atoms with Crippen molar-refractivity contribution in [1.29, 1.82) is 0 Å². The lowest BCUT2D eigenvalue weighted by molar-refractivity contribution is 0.00348. The highest BCUT2D eigenvalue weighted by Gasteiger charge is 2.46. The summed E-state index contributed by atoms with van der Waals surface area (Å²) in [6.07, 6.45) is 13.0. The number of piperazine rings is 1. The maximum absolute atomic E-state index is 3.89. The number of rotatable bonds is 3. The van der Waals surface area contributed by atoms with Gasteiger partial charge in [-0.05, 0) is 38.0 Å². The third kappa shape index (κ3) is 2.85. The van der Waals surface area contributed by atoms with E-state index in [0.29, 0.717) is 5.54 Å². The fourth-order valence-electron chi connectivity index (χ4n) is 4.91. The minimum absolute atomic E-state index is 0.544. The van der Waals surface area contributed by atoms with Crippen LogP contribution in [0.1, 0.15) is 71.6 Å². The first-order valence-corrected chi connectivity index (χ1v) is 8.70. The smallest absolute Gasteiger partial charge is 0.0337 e. The van der Waals surface area contributed by atoms with Crippen LogP contribution in [-0.4, -0.2) is 35.6 Å². The van der Waals surface area contributed by atoms with Gasteiger partial charge in [0.25, 0.3) is 0 Å². The first kappa shape index (κ1) is 13.9. The molecule has 0 bridgehead atoms. The normalized spacial score (nSPS) is 32.7. The quantitative estimate of drug-likeness (QED) is 0.838. The molecule has 0 aromatic heterocycles. The molecule has 2 heteroatoms. The molecule has 0 aromatic carbocycles. The number of hydrogen-bond donors (Lipinski definition) is 1. The van der Waals surface area contributed by atoms with Crippen LogP contribution in [0.2, 0.25) is 0 Å². The van der Waals surface area contributed by atoms with Crippen molar-refractivity contribution >= 4 is 0 Å². The van der Waals surface area contributed by atoms with Crippen molar-refractivity contribution in [3.63, 3.8) is 0 Å². The largest absolute Gasteiger partial charge is 0.311 e. The van der Waals surface area contributed by atoms with E-state index in [-0.39, 0.29) is 0 Å². The molecule has 2 saturated carbocycles. The zero-order valence-corrected chi connectivity index (χ0v) is 13.0. The van der Waals surface area contributed by atoms with Crippen molar-refractivity contribution in [2.45, 2.75) is 89.3 Å². The van der Waals surface area contributed by atoms with Crippen LogP contribution in [-0.2, 0) is 0 Å². The molecule has 1 aliphatic heterocycles. The molecule has 0 radical (unpaired) electrons. The second-order valence-electron chi connectivity index (χ2n) is 7.73. The van der Waals surface area contributed by atoms with Crippen molar-refractivity contribution in [3.8, 4) is 0 Å². The SMILES string of the molecule is CC(C)CC1CN(C2CCCC2)C2(CCCC2)CN1. The van der Waals surface area contributed by atoms with Crippen molar-refractivity contribution in [3.05, 3.63) is 0 Å². The number of hydrogen-bond acceptors (Lipinski definition) is 2. The maximum Gasteiger partial charge on any atom is 0.0337 e. The summed E-state index contributed by atoms with van der Waals surface area (Å²) in [5, 5.41) is 3.89. The number of nitrogens with zero attached hydrogens (tertiary/aromatic N) is 1. The Morgan fingerprint density at radius 3 is 2.42 bits per heavy atom. The Labute approximate surface area is 119 Å². The van der Waals surface area contributed by atoms with E-state index >= 15 is 0 Å². The Balaban J connectivity index is 1.71. The van der Waals surface area contributed by atoms with Gasteiger partial charge in [0.15, 0.2) is 0 Å². The van der Waals surface area contributed by atoms with Gasteiger partial charge in [-0.25, -0.2) is 0 Å². The Morgan fingerprint density at radius 1 is 1.11 bits per heavy atom. The standard InChI is InChI=1S/C17H32N2/c1-14(2)11-15-12-19(16-7-3-4-8-16)17(13-18-15)9-5-6-10-17/h14-16,18H,3-13H2,1-2H3. The Hall–Kier alpha value is -0.0800. The van der Waals surface area contributed by atoms with Crippen LogP contribution in [0.15, 0.2) is 0 Å². The van der Waals surface area contributed by atoms with Gasteiger partial charge < -0.3 is 5.32 Å². The van der Waals surface area contributed by atoms with Gasteiger partial charge in [-0.3, -0.25) is 4.90 Å². The van der Waals surface area contributed by atoms with Gasteiger partial charge in [-0.15, -0.1) is 0 Å². The molecule has 3 aliphatic rings. The summed E-state index contributed by atoms with van der Waals surface area (Å²) in [5.74, 6) is 0.820. The summed E-state index contributed by atoms with van der Waals surface area (Å²) in [7, 11) is 0. The molecule has 2 aliphatic carbocycles. The van der Waals surface area contributed by atoms with Crippen molar-refractivity contribution in [1.82, 2.24) is 10.2 Å². The monoisotopic (exact) mass is 264 g/mol. The summed E-state index contributed by atoms with van der Waals surface area (Å²) in [4.78, 5) is 2.98. The Morgan fingerprint density at radius 2 is 1.79 bits per heavy atom. The molecular formula is C17H32N2. The van der Waals surface area contributed by atoms with Crippen LogP contribution in [0.5, 0.6) is 0 Å². The number of nitrogens with one attached hydrogen (secondary N) is 1. The average Bonchev–Trinajstić information content (AvgIpc) is 3.04. The molecule has 0 amide bonds. The lowest BCUT2D eigenvalue weighted by Gasteiger charge is -2.51.